The van der Waals surface area contributed by atoms with E-state index in [1.807, 2.05) is 6.92 Å². The molecule has 0 saturated carbocycles. The van der Waals surface area contributed by atoms with Crippen molar-refractivity contribution in [2.24, 2.45) is 10.7 Å². The highest BCUT2D eigenvalue weighted by molar-refractivity contribution is 5.35. The van der Waals surface area contributed by atoms with Gasteiger partial charge in [-0.1, -0.05) is 6.58 Å². The van der Waals surface area contributed by atoms with Crippen LogP contribution in [0.1, 0.15) is 6.92 Å². The molecule has 0 aromatic heterocycles. The van der Waals surface area contributed by atoms with Crippen LogP contribution in [0.2, 0.25) is 0 Å². The van der Waals surface area contributed by atoms with Crippen LogP contribution in [0.5, 0.6) is 0 Å². The molecule has 0 atom stereocenters. The molecule has 0 fully saturated rings. The van der Waals surface area contributed by atoms with Crippen LogP contribution >= 0.6 is 0 Å². The van der Waals surface area contributed by atoms with E-state index in [9.17, 15) is 0 Å². The molecule has 0 bridgehead atoms. The second-order valence-electron chi connectivity index (χ2n) is 1.49. The fraction of sp³-hybridized carbons (Fsp3) is 0.167. The molecule has 2 nitrogen and oxygen atoms in total. The predicted molar refractivity (Wildman–Crippen MR) is 36.6 cm³/mol. The molecule has 0 saturated heterocycles. The molecule has 0 aliphatic heterocycles. The van der Waals surface area contributed by atoms with Crippen molar-refractivity contribution in [2.45, 2.75) is 6.92 Å². The first-order valence-corrected chi connectivity index (χ1v) is 2.27. The zero-order valence-corrected chi connectivity index (χ0v) is 5.02. The monoisotopic (exact) mass is 110 g/mol. The van der Waals surface area contributed by atoms with E-state index in [4.69, 9.17) is 5.73 Å². The van der Waals surface area contributed by atoms with Crippen molar-refractivity contribution < 1.29 is 0 Å². The number of rotatable bonds is 2. The summed E-state index contributed by atoms with van der Waals surface area (Å²) in [6, 6.07) is 0. The number of aliphatic imine (C=N–C) groups is 1. The van der Waals surface area contributed by atoms with Crippen LogP contribution in [0.25, 0.3) is 0 Å². The van der Waals surface area contributed by atoms with Crippen molar-refractivity contribution in [1.29, 1.82) is 0 Å². The Labute approximate surface area is 49.4 Å². The number of hydrogen-bond acceptors (Lipinski definition) is 2. The zero-order chi connectivity index (χ0) is 6.57. The molecule has 0 aromatic rings. The lowest BCUT2D eigenvalue weighted by Crippen LogP contribution is -1.85. The molecule has 0 heterocycles. The van der Waals surface area contributed by atoms with Gasteiger partial charge in [-0.25, -0.2) is 0 Å². The van der Waals surface area contributed by atoms with Crippen molar-refractivity contribution in [1.82, 2.24) is 0 Å². The van der Waals surface area contributed by atoms with Gasteiger partial charge in [0.05, 0.1) is 5.70 Å². The average Bonchev–Trinajstić information content (AvgIpc) is 1.69. The summed E-state index contributed by atoms with van der Waals surface area (Å²) in [5, 5.41) is 0. The van der Waals surface area contributed by atoms with Gasteiger partial charge in [0.1, 0.15) is 0 Å². The molecule has 0 amide bonds. The summed E-state index contributed by atoms with van der Waals surface area (Å²) in [6.07, 6.45) is 1.38. The molecule has 0 spiro atoms. The summed E-state index contributed by atoms with van der Waals surface area (Å²) in [5.74, 6) is 0. The van der Waals surface area contributed by atoms with E-state index in [2.05, 4.69) is 18.3 Å². The summed E-state index contributed by atoms with van der Waals surface area (Å²) >= 11 is 0. The molecule has 2 heteroatoms. The van der Waals surface area contributed by atoms with Gasteiger partial charge in [0.2, 0.25) is 0 Å². The molecule has 44 valence electrons. The quantitative estimate of drug-likeness (QED) is 0.419. The van der Waals surface area contributed by atoms with Crippen LogP contribution in [0, 0.1) is 0 Å². The van der Waals surface area contributed by atoms with E-state index in [0.717, 1.165) is 5.57 Å². The maximum absolute atomic E-state index is 5.13. The number of nitrogens with two attached hydrogens (primary N) is 1. The number of nitrogens with zero attached hydrogens (tertiary/aromatic N) is 1. The summed E-state index contributed by atoms with van der Waals surface area (Å²) in [6.45, 7) is 8.74. The lowest BCUT2D eigenvalue weighted by atomic mass is 10.3. The normalized spacial score (nSPS) is 10.9. The molecular formula is C6H10N2. The average molecular weight is 110 g/mol. The Kier molecular flexibility index (Phi) is 2.62. The van der Waals surface area contributed by atoms with Gasteiger partial charge in [0.25, 0.3) is 0 Å². The van der Waals surface area contributed by atoms with Crippen molar-refractivity contribution in [3.05, 3.63) is 24.0 Å². The predicted octanol–water partition coefficient (Wildman–Crippen LogP) is 1.06. The molecule has 0 radical (unpaired) electrons. The van der Waals surface area contributed by atoms with Crippen LogP contribution in [0.4, 0.5) is 0 Å². The second-order valence-corrected chi connectivity index (χ2v) is 1.49. The van der Waals surface area contributed by atoms with Gasteiger partial charge in [0.15, 0.2) is 0 Å². The third-order valence-corrected chi connectivity index (χ3v) is 0.765. The van der Waals surface area contributed by atoms with Gasteiger partial charge in [0, 0.05) is 6.20 Å². The van der Waals surface area contributed by atoms with Crippen LogP contribution in [0.15, 0.2) is 29.0 Å². The second kappa shape index (κ2) is 3.02. The first kappa shape index (κ1) is 6.95. The van der Waals surface area contributed by atoms with Crippen LogP contribution in [-0.2, 0) is 0 Å². The topological polar surface area (TPSA) is 38.4 Å². The molecule has 8 heavy (non-hydrogen) atoms. The molecule has 0 rings (SSSR count). The first-order chi connectivity index (χ1) is 3.72. The summed E-state index contributed by atoms with van der Waals surface area (Å²) in [7, 11) is 0. The lowest BCUT2D eigenvalue weighted by Gasteiger charge is -1.93. The van der Waals surface area contributed by atoms with Gasteiger partial charge >= 0.3 is 0 Å². The Bertz CT molecular complexity index is 133. The fourth-order valence-corrected chi connectivity index (χ4v) is 0.330. The maximum Gasteiger partial charge on any atom is 0.0800 e. The largest absolute Gasteiger partial charge is 0.403 e. The summed E-state index contributed by atoms with van der Waals surface area (Å²) in [4.78, 5) is 3.59. The molecule has 0 aliphatic carbocycles. The van der Waals surface area contributed by atoms with Crippen molar-refractivity contribution in [2.75, 3.05) is 0 Å². The van der Waals surface area contributed by atoms with E-state index < -0.39 is 0 Å². The third kappa shape index (κ3) is 1.60. The maximum atomic E-state index is 5.13. The number of allylic oxidation sites excluding steroid dienone is 1. The Morgan fingerprint density at radius 3 is 2.25 bits per heavy atom. The Balaban J connectivity index is 4.13. The minimum Gasteiger partial charge on any atom is -0.403 e. The van der Waals surface area contributed by atoms with E-state index in [1.165, 1.54) is 6.20 Å². The Hall–Kier alpha value is -1.05. The highest BCUT2D eigenvalue weighted by Crippen LogP contribution is 2.03. The van der Waals surface area contributed by atoms with Crippen LogP contribution in [0.3, 0.4) is 0 Å². The Morgan fingerprint density at radius 2 is 2.25 bits per heavy atom. The van der Waals surface area contributed by atoms with Gasteiger partial charge < -0.3 is 5.73 Å². The molecule has 0 unspecified atom stereocenters. The molecular weight excluding hydrogens is 100 g/mol. The molecule has 2 N–H and O–H groups in total. The minimum absolute atomic E-state index is 0.657. The summed E-state index contributed by atoms with van der Waals surface area (Å²) < 4.78 is 0. The van der Waals surface area contributed by atoms with Crippen molar-refractivity contribution in [3.63, 3.8) is 0 Å². The smallest absolute Gasteiger partial charge is 0.0800 e. The highest BCUT2D eigenvalue weighted by Gasteiger charge is 1.87. The third-order valence-electron chi connectivity index (χ3n) is 0.765. The Morgan fingerprint density at radius 1 is 1.75 bits per heavy atom. The van der Waals surface area contributed by atoms with Crippen molar-refractivity contribution in [3.8, 4) is 0 Å². The van der Waals surface area contributed by atoms with Gasteiger partial charge in [-0.15, -0.1) is 0 Å². The standard InChI is InChI=1S/C6H10N2/c1-5(2)6(4-7)8-3/h4H,1,3,7H2,2H3/b6-4-. The lowest BCUT2D eigenvalue weighted by molar-refractivity contribution is 1.28. The molecule has 0 aromatic carbocycles. The van der Waals surface area contributed by atoms with Gasteiger partial charge in [-0.05, 0) is 19.2 Å². The van der Waals surface area contributed by atoms with E-state index in [0.29, 0.717) is 5.70 Å². The summed E-state index contributed by atoms with van der Waals surface area (Å²) in [5.41, 5.74) is 6.62. The van der Waals surface area contributed by atoms with Gasteiger partial charge in [-0.2, -0.15) is 0 Å². The van der Waals surface area contributed by atoms with Crippen molar-refractivity contribution >= 4 is 6.72 Å². The van der Waals surface area contributed by atoms with E-state index >= 15 is 0 Å². The zero-order valence-electron chi connectivity index (χ0n) is 5.02. The molecule has 0 aliphatic rings. The number of hydrogen-bond donors (Lipinski definition) is 1. The van der Waals surface area contributed by atoms with Crippen LogP contribution < -0.4 is 5.73 Å². The van der Waals surface area contributed by atoms with Crippen LogP contribution in [-0.4, -0.2) is 6.72 Å². The highest BCUT2D eigenvalue weighted by atomic mass is 14.7. The minimum atomic E-state index is 0.657. The van der Waals surface area contributed by atoms with Gasteiger partial charge in [-0.3, -0.25) is 4.99 Å². The van der Waals surface area contributed by atoms with E-state index in [1.54, 1.807) is 0 Å². The SMILES string of the molecule is C=N/C(=C\N)C(=C)C. The fourth-order valence-electron chi connectivity index (χ4n) is 0.330. The van der Waals surface area contributed by atoms with E-state index in [-0.39, 0.29) is 0 Å². The first-order valence-electron chi connectivity index (χ1n) is 2.27.